The lowest BCUT2D eigenvalue weighted by Gasteiger charge is -2.57. The predicted molar refractivity (Wildman–Crippen MR) is 138 cm³/mol. The summed E-state index contributed by atoms with van der Waals surface area (Å²) in [6.07, 6.45) is 7.65. The van der Waals surface area contributed by atoms with E-state index in [9.17, 15) is 4.79 Å². The average molecular weight is 496 g/mol. The van der Waals surface area contributed by atoms with Crippen LogP contribution in [0, 0.1) is 23.2 Å². The summed E-state index contributed by atoms with van der Waals surface area (Å²) in [7, 11) is 1.67. The van der Waals surface area contributed by atoms with Gasteiger partial charge in [0.15, 0.2) is 11.5 Å². The van der Waals surface area contributed by atoms with Crippen LogP contribution in [0.4, 0.5) is 0 Å². The molecule has 7 heteroatoms. The third-order valence-electron chi connectivity index (χ3n) is 8.80. The molecule has 2 aromatic rings. The SMILES string of the molecule is CCOc1ccc(-c2nc(CN3CCN(C(=O)C45CC6CC(CC(C6)C4)C5)CC3)cs2)cc1OC. The molecule has 5 fully saturated rings. The number of rotatable bonds is 7. The average Bonchev–Trinajstić information content (AvgIpc) is 3.32. The molecule has 7 rings (SSSR count). The fraction of sp³-hybridized carbons (Fsp3) is 0.643. The Hall–Kier alpha value is -2.12. The zero-order valence-corrected chi connectivity index (χ0v) is 21.8. The smallest absolute Gasteiger partial charge is 0.228 e. The van der Waals surface area contributed by atoms with E-state index in [1.807, 2.05) is 25.1 Å². The van der Waals surface area contributed by atoms with Gasteiger partial charge in [0.05, 0.1) is 24.8 Å². The van der Waals surface area contributed by atoms with Gasteiger partial charge in [-0.2, -0.15) is 0 Å². The molecule has 1 aromatic heterocycles. The number of carbonyl (C=O) groups is 1. The van der Waals surface area contributed by atoms with Gasteiger partial charge in [-0.3, -0.25) is 9.69 Å². The van der Waals surface area contributed by atoms with Crippen molar-refractivity contribution in [2.24, 2.45) is 23.2 Å². The second-order valence-corrected chi connectivity index (χ2v) is 12.1. The molecule has 4 aliphatic carbocycles. The van der Waals surface area contributed by atoms with Crippen molar-refractivity contribution in [2.75, 3.05) is 39.9 Å². The molecule has 2 heterocycles. The zero-order chi connectivity index (χ0) is 24.0. The standard InChI is InChI=1S/C28H37N3O3S/c1-3-34-24-5-4-22(13-25(24)33-2)26-29-23(18-35-26)17-30-6-8-31(9-7-30)27(32)28-14-19-10-20(15-28)12-21(11-19)16-28/h4-5,13,18-21H,3,6-12,14-17H2,1-2H3. The fourth-order valence-electron chi connectivity index (χ4n) is 7.63. The van der Waals surface area contributed by atoms with Crippen molar-refractivity contribution >= 4 is 17.2 Å². The number of methoxy groups -OCH3 is 1. The van der Waals surface area contributed by atoms with Gasteiger partial charge in [-0.05, 0) is 81.4 Å². The number of nitrogens with zero attached hydrogens (tertiary/aromatic N) is 3. The first-order valence-corrected chi connectivity index (χ1v) is 14.2. The topological polar surface area (TPSA) is 54.9 Å². The Morgan fingerprint density at radius 2 is 1.74 bits per heavy atom. The summed E-state index contributed by atoms with van der Waals surface area (Å²) in [6, 6.07) is 6.01. The molecule has 4 saturated carbocycles. The summed E-state index contributed by atoms with van der Waals surface area (Å²) in [5, 5.41) is 3.16. The lowest BCUT2D eigenvalue weighted by atomic mass is 9.49. The molecule has 1 aromatic carbocycles. The van der Waals surface area contributed by atoms with Crippen molar-refractivity contribution in [1.29, 1.82) is 0 Å². The number of hydrogen-bond donors (Lipinski definition) is 0. The molecular weight excluding hydrogens is 458 g/mol. The first-order valence-electron chi connectivity index (χ1n) is 13.3. The van der Waals surface area contributed by atoms with Gasteiger partial charge >= 0.3 is 0 Å². The van der Waals surface area contributed by atoms with E-state index in [0.717, 1.165) is 97.5 Å². The highest BCUT2D eigenvalue weighted by atomic mass is 32.1. The summed E-state index contributed by atoms with van der Waals surface area (Å²) in [4.78, 5) is 23.2. The lowest BCUT2D eigenvalue weighted by Crippen LogP contribution is -2.58. The number of aromatic nitrogens is 1. The van der Waals surface area contributed by atoms with E-state index in [0.29, 0.717) is 12.5 Å². The van der Waals surface area contributed by atoms with Crippen molar-refractivity contribution in [3.63, 3.8) is 0 Å². The normalized spacial score (nSPS) is 30.0. The van der Waals surface area contributed by atoms with Crippen LogP contribution < -0.4 is 9.47 Å². The minimum atomic E-state index is -0.0144. The van der Waals surface area contributed by atoms with E-state index in [1.54, 1.807) is 18.4 Å². The summed E-state index contributed by atoms with van der Waals surface area (Å²) in [5.41, 5.74) is 2.13. The van der Waals surface area contributed by atoms with E-state index in [4.69, 9.17) is 14.5 Å². The highest BCUT2D eigenvalue weighted by molar-refractivity contribution is 7.13. The number of thiazole rings is 1. The van der Waals surface area contributed by atoms with Crippen molar-refractivity contribution in [2.45, 2.75) is 52.0 Å². The van der Waals surface area contributed by atoms with Crippen LogP contribution in [0.3, 0.4) is 0 Å². The van der Waals surface area contributed by atoms with Gasteiger partial charge in [0.25, 0.3) is 0 Å². The molecule has 0 spiro atoms. The zero-order valence-electron chi connectivity index (χ0n) is 21.0. The lowest BCUT2D eigenvalue weighted by molar-refractivity contribution is -0.159. The fourth-order valence-corrected chi connectivity index (χ4v) is 8.44. The molecule has 0 radical (unpaired) electrons. The number of benzene rings is 1. The van der Waals surface area contributed by atoms with Gasteiger partial charge in [0.1, 0.15) is 5.01 Å². The monoisotopic (exact) mass is 495 g/mol. The molecule has 0 N–H and O–H groups in total. The van der Waals surface area contributed by atoms with E-state index in [-0.39, 0.29) is 5.41 Å². The second kappa shape index (κ2) is 9.40. The molecule has 5 aliphatic rings. The maximum Gasteiger partial charge on any atom is 0.228 e. The number of amides is 1. The molecule has 1 aliphatic heterocycles. The van der Waals surface area contributed by atoms with Crippen LogP contribution in [-0.2, 0) is 11.3 Å². The van der Waals surface area contributed by atoms with Crippen molar-refractivity contribution in [1.82, 2.24) is 14.8 Å². The Labute approximate surface area is 212 Å². The third-order valence-corrected chi connectivity index (χ3v) is 9.74. The third kappa shape index (κ3) is 4.46. The van der Waals surface area contributed by atoms with Gasteiger partial charge in [0, 0.05) is 43.7 Å². The number of ether oxygens (including phenoxy) is 2. The first-order chi connectivity index (χ1) is 17.0. The Bertz CT molecular complexity index is 1040. The van der Waals surface area contributed by atoms with E-state index in [2.05, 4.69) is 15.2 Å². The van der Waals surface area contributed by atoms with Gasteiger partial charge in [-0.25, -0.2) is 4.98 Å². The Kier molecular flexibility index (Phi) is 6.25. The predicted octanol–water partition coefficient (Wildman–Crippen LogP) is 5.08. The molecular formula is C28H37N3O3S. The van der Waals surface area contributed by atoms with Crippen LogP contribution in [0.1, 0.15) is 51.1 Å². The first kappa shape index (κ1) is 23.3. The highest BCUT2D eigenvalue weighted by Gasteiger charge is 2.55. The molecule has 4 bridgehead atoms. The second-order valence-electron chi connectivity index (χ2n) is 11.2. The Morgan fingerprint density at radius 3 is 2.37 bits per heavy atom. The summed E-state index contributed by atoms with van der Waals surface area (Å²) < 4.78 is 11.1. The molecule has 1 saturated heterocycles. The largest absolute Gasteiger partial charge is 0.493 e. The van der Waals surface area contributed by atoms with Gasteiger partial charge in [0.2, 0.25) is 5.91 Å². The molecule has 35 heavy (non-hydrogen) atoms. The van der Waals surface area contributed by atoms with Crippen LogP contribution in [-0.4, -0.2) is 60.6 Å². The summed E-state index contributed by atoms with van der Waals surface area (Å²) >= 11 is 1.67. The molecule has 188 valence electrons. The van der Waals surface area contributed by atoms with E-state index >= 15 is 0 Å². The maximum absolute atomic E-state index is 13.7. The van der Waals surface area contributed by atoms with Crippen molar-refractivity contribution in [3.05, 3.63) is 29.3 Å². The van der Waals surface area contributed by atoms with Gasteiger partial charge in [-0.15, -0.1) is 11.3 Å². The van der Waals surface area contributed by atoms with E-state index < -0.39 is 0 Å². The molecule has 6 nitrogen and oxygen atoms in total. The number of hydrogen-bond acceptors (Lipinski definition) is 6. The molecule has 1 amide bonds. The number of piperazine rings is 1. The van der Waals surface area contributed by atoms with Crippen molar-refractivity contribution < 1.29 is 14.3 Å². The van der Waals surface area contributed by atoms with Crippen LogP contribution in [0.2, 0.25) is 0 Å². The van der Waals surface area contributed by atoms with Crippen molar-refractivity contribution in [3.8, 4) is 22.1 Å². The molecule has 0 atom stereocenters. The minimum Gasteiger partial charge on any atom is -0.493 e. The van der Waals surface area contributed by atoms with Crippen LogP contribution >= 0.6 is 11.3 Å². The van der Waals surface area contributed by atoms with Crippen LogP contribution in [0.15, 0.2) is 23.6 Å². The van der Waals surface area contributed by atoms with Gasteiger partial charge in [-0.1, -0.05) is 0 Å². The van der Waals surface area contributed by atoms with Crippen LogP contribution in [0.25, 0.3) is 10.6 Å². The Morgan fingerprint density at radius 1 is 1.06 bits per heavy atom. The summed E-state index contributed by atoms with van der Waals surface area (Å²) in [5.74, 6) is 4.44. The minimum absolute atomic E-state index is 0.0144. The van der Waals surface area contributed by atoms with Crippen LogP contribution in [0.5, 0.6) is 11.5 Å². The summed E-state index contributed by atoms with van der Waals surface area (Å²) in [6.45, 7) is 6.99. The Balaban J connectivity index is 1.06. The number of carbonyl (C=O) groups excluding carboxylic acids is 1. The highest BCUT2D eigenvalue weighted by Crippen LogP contribution is 2.60. The quantitative estimate of drug-likeness (QED) is 0.536. The maximum atomic E-state index is 13.7. The molecule has 0 unspecified atom stereocenters. The van der Waals surface area contributed by atoms with E-state index in [1.165, 1.54) is 19.3 Å². The van der Waals surface area contributed by atoms with Gasteiger partial charge < -0.3 is 14.4 Å².